The van der Waals surface area contributed by atoms with Crippen molar-refractivity contribution in [2.75, 3.05) is 26.3 Å². The zero-order chi connectivity index (χ0) is 7.40. The minimum absolute atomic E-state index is 0.690. The van der Waals surface area contributed by atoms with Gasteiger partial charge in [0.1, 0.15) is 0 Å². The number of nitrogens with zero attached hydrogens (tertiary/aromatic N) is 1. The average molecular weight is 143 g/mol. The fraction of sp³-hybridized carbons (Fsp3) is 1.00. The van der Waals surface area contributed by atoms with Crippen LogP contribution < -0.4 is 11.1 Å². The molecule has 10 heavy (non-hydrogen) atoms. The van der Waals surface area contributed by atoms with Crippen LogP contribution in [0.25, 0.3) is 0 Å². The number of rotatable bonds is 3. The molecule has 0 saturated carbocycles. The summed E-state index contributed by atoms with van der Waals surface area (Å²) in [5.41, 5.74) is 5.56. The standard InChI is InChI=1S/C7H17N3/c1-2-10(6-8)7-3-4-9-5-7/h7,9H,2-6,8H2,1H3. The molecule has 1 rings (SSSR count). The van der Waals surface area contributed by atoms with Crippen molar-refractivity contribution in [1.82, 2.24) is 10.2 Å². The molecular weight excluding hydrogens is 126 g/mol. The van der Waals surface area contributed by atoms with Crippen molar-refractivity contribution in [2.24, 2.45) is 5.73 Å². The predicted octanol–water partition coefficient (Wildman–Crippen LogP) is -0.414. The van der Waals surface area contributed by atoms with Gasteiger partial charge in [-0.05, 0) is 19.5 Å². The monoisotopic (exact) mass is 143 g/mol. The lowest BCUT2D eigenvalue weighted by Gasteiger charge is -2.24. The number of likely N-dealkylation sites (N-methyl/N-ethyl adjacent to an activating group) is 1. The van der Waals surface area contributed by atoms with Crippen LogP contribution in [0.15, 0.2) is 0 Å². The van der Waals surface area contributed by atoms with E-state index >= 15 is 0 Å². The molecule has 1 aliphatic heterocycles. The molecule has 0 aromatic heterocycles. The quantitative estimate of drug-likeness (QED) is 0.528. The molecule has 1 unspecified atom stereocenters. The summed E-state index contributed by atoms with van der Waals surface area (Å²) in [4.78, 5) is 2.31. The summed E-state index contributed by atoms with van der Waals surface area (Å²) in [6.07, 6.45) is 1.25. The van der Waals surface area contributed by atoms with Gasteiger partial charge in [-0.3, -0.25) is 4.90 Å². The lowest BCUT2D eigenvalue weighted by molar-refractivity contribution is 0.225. The highest BCUT2D eigenvalue weighted by Crippen LogP contribution is 2.05. The molecule has 1 aliphatic rings. The molecule has 1 heterocycles. The van der Waals surface area contributed by atoms with Crippen LogP contribution in [-0.2, 0) is 0 Å². The normalized spacial score (nSPS) is 26.1. The molecule has 1 fully saturated rings. The van der Waals surface area contributed by atoms with E-state index in [2.05, 4.69) is 17.1 Å². The Kier molecular flexibility index (Phi) is 3.12. The molecule has 1 atom stereocenters. The Bertz CT molecular complexity index is 84.9. The fourth-order valence-corrected chi connectivity index (χ4v) is 1.49. The van der Waals surface area contributed by atoms with Crippen LogP contribution in [0.2, 0.25) is 0 Å². The van der Waals surface area contributed by atoms with Gasteiger partial charge in [0.2, 0.25) is 0 Å². The topological polar surface area (TPSA) is 41.3 Å². The number of nitrogens with two attached hydrogens (primary N) is 1. The van der Waals surface area contributed by atoms with Crippen LogP contribution in [0.4, 0.5) is 0 Å². The molecule has 0 bridgehead atoms. The summed E-state index contributed by atoms with van der Waals surface area (Å²) < 4.78 is 0. The van der Waals surface area contributed by atoms with E-state index in [1.54, 1.807) is 0 Å². The van der Waals surface area contributed by atoms with E-state index < -0.39 is 0 Å². The van der Waals surface area contributed by atoms with Crippen LogP contribution >= 0.6 is 0 Å². The molecule has 0 aromatic carbocycles. The Morgan fingerprint density at radius 2 is 2.50 bits per heavy atom. The van der Waals surface area contributed by atoms with Gasteiger partial charge in [-0.2, -0.15) is 0 Å². The largest absolute Gasteiger partial charge is 0.318 e. The van der Waals surface area contributed by atoms with E-state index in [1.165, 1.54) is 6.42 Å². The van der Waals surface area contributed by atoms with E-state index in [-0.39, 0.29) is 0 Å². The highest BCUT2D eigenvalue weighted by molar-refractivity contribution is 4.78. The van der Waals surface area contributed by atoms with Crippen molar-refractivity contribution >= 4 is 0 Å². The summed E-state index contributed by atoms with van der Waals surface area (Å²) in [6.45, 7) is 6.20. The zero-order valence-electron chi connectivity index (χ0n) is 6.64. The summed E-state index contributed by atoms with van der Waals surface area (Å²) in [5.74, 6) is 0. The van der Waals surface area contributed by atoms with Gasteiger partial charge in [0, 0.05) is 19.3 Å². The first kappa shape index (κ1) is 7.98. The highest BCUT2D eigenvalue weighted by atomic mass is 15.2. The van der Waals surface area contributed by atoms with E-state index in [1.807, 2.05) is 0 Å². The first-order valence-corrected chi connectivity index (χ1v) is 4.03. The Morgan fingerprint density at radius 3 is 2.90 bits per heavy atom. The second-order valence-corrected chi connectivity index (χ2v) is 2.73. The van der Waals surface area contributed by atoms with Crippen LogP contribution in [-0.4, -0.2) is 37.2 Å². The molecule has 0 spiro atoms. The average Bonchev–Trinajstić information content (AvgIpc) is 2.43. The Labute approximate surface area is 62.6 Å². The van der Waals surface area contributed by atoms with E-state index in [4.69, 9.17) is 5.73 Å². The van der Waals surface area contributed by atoms with Gasteiger partial charge < -0.3 is 11.1 Å². The van der Waals surface area contributed by atoms with Crippen molar-refractivity contribution in [2.45, 2.75) is 19.4 Å². The number of hydrogen-bond acceptors (Lipinski definition) is 3. The van der Waals surface area contributed by atoms with Gasteiger partial charge in [-0.1, -0.05) is 6.92 Å². The minimum atomic E-state index is 0.690. The second kappa shape index (κ2) is 3.91. The van der Waals surface area contributed by atoms with Crippen LogP contribution in [0.3, 0.4) is 0 Å². The Morgan fingerprint density at radius 1 is 1.70 bits per heavy atom. The van der Waals surface area contributed by atoms with Gasteiger partial charge in [-0.25, -0.2) is 0 Å². The molecule has 1 saturated heterocycles. The fourth-order valence-electron chi connectivity index (χ4n) is 1.49. The Balaban J connectivity index is 2.29. The third-order valence-electron chi connectivity index (χ3n) is 2.19. The summed E-state index contributed by atoms with van der Waals surface area (Å²) in [7, 11) is 0. The van der Waals surface area contributed by atoms with Crippen LogP contribution in [0, 0.1) is 0 Å². The molecule has 3 nitrogen and oxygen atoms in total. The van der Waals surface area contributed by atoms with E-state index in [0.717, 1.165) is 19.6 Å². The maximum absolute atomic E-state index is 5.56. The molecule has 0 radical (unpaired) electrons. The molecule has 60 valence electrons. The third kappa shape index (κ3) is 1.68. The maximum atomic E-state index is 5.56. The summed E-state index contributed by atoms with van der Waals surface area (Å²) in [6, 6.07) is 0.690. The van der Waals surface area contributed by atoms with Crippen LogP contribution in [0.1, 0.15) is 13.3 Å². The SMILES string of the molecule is CCN(CN)C1CCNC1. The number of nitrogens with one attached hydrogen (secondary N) is 1. The van der Waals surface area contributed by atoms with E-state index in [0.29, 0.717) is 12.7 Å². The molecule has 0 aliphatic carbocycles. The van der Waals surface area contributed by atoms with Crippen molar-refractivity contribution < 1.29 is 0 Å². The first-order chi connectivity index (χ1) is 4.88. The lowest BCUT2D eigenvalue weighted by atomic mass is 10.2. The van der Waals surface area contributed by atoms with Crippen molar-refractivity contribution in [3.05, 3.63) is 0 Å². The second-order valence-electron chi connectivity index (χ2n) is 2.73. The van der Waals surface area contributed by atoms with Crippen molar-refractivity contribution in [1.29, 1.82) is 0 Å². The third-order valence-corrected chi connectivity index (χ3v) is 2.19. The van der Waals surface area contributed by atoms with Gasteiger partial charge >= 0.3 is 0 Å². The molecule has 0 aromatic rings. The smallest absolute Gasteiger partial charge is 0.0458 e. The summed E-state index contributed by atoms with van der Waals surface area (Å²) >= 11 is 0. The van der Waals surface area contributed by atoms with Crippen molar-refractivity contribution in [3.63, 3.8) is 0 Å². The van der Waals surface area contributed by atoms with Gasteiger partial charge in [-0.15, -0.1) is 0 Å². The molecule has 3 N–H and O–H groups in total. The predicted molar refractivity (Wildman–Crippen MR) is 42.7 cm³/mol. The van der Waals surface area contributed by atoms with Crippen molar-refractivity contribution in [3.8, 4) is 0 Å². The Hall–Kier alpha value is -0.120. The minimum Gasteiger partial charge on any atom is -0.318 e. The van der Waals surface area contributed by atoms with Gasteiger partial charge in [0.25, 0.3) is 0 Å². The molecule has 0 amide bonds. The summed E-state index contributed by atoms with van der Waals surface area (Å²) in [5, 5.41) is 3.32. The van der Waals surface area contributed by atoms with Gasteiger partial charge in [0.15, 0.2) is 0 Å². The lowest BCUT2D eigenvalue weighted by Crippen LogP contribution is -2.40. The highest BCUT2D eigenvalue weighted by Gasteiger charge is 2.18. The van der Waals surface area contributed by atoms with E-state index in [9.17, 15) is 0 Å². The van der Waals surface area contributed by atoms with Gasteiger partial charge in [0.05, 0.1) is 0 Å². The number of hydrogen-bond donors (Lipinski definition) is 2. The zero-order valence-corrected chi connectivity index (χ0v) is 6.64. The first-order valence-electron chi connectivity index (χ1n) is 4.03. The molecular formula is C7H17N3. The maximum Gasteiger partial charge on any atom is 0.0458 e. The van der Waals surface area contributed by atoms with Crippen LogP contribution in [0.5, 0.6) is 0 Å². The molecule has 3 heteroatoms.